The highest BCUT2D eigenvalue weighted by Crippen LogP contribution is 2.18. The summed E-state index contributed by atoms with van der Waals surface area (Å²) in [5.41, 5.74) is 0. The van der Waals surface area contributed by atoms with Crippen LogP contribution in [-0.2, 0) is 0 Å². The summed E-state index contributed by atoms with van der Waals surface area (Å²) in [6.45, 7) is 7.76. The van der Waals surface area contributed by atoms with Gasteiger partial charge in [0.2, 0.25) is 0 Å². The van der Waals surface area contributed by atoms with Crippen molar-refractivity contribution < 1.29 is 0 Å². The Kier molecular flexibility index (Phi) is 4.74. The normalized spacial score (nSPS) is 29.5. The van der Waals surface area contributed by atoms with Crippen molar-refractivity contribution in [1.82, 2.24) is 10.6 Å². The summed E-state index contributed by atoms with van der Waals surface area (Å²) in [4.78, 5) is 0. The Bertz CT molecular complexity index is 132. The summed E-state index contributed by atoms with van der Waals surface area (Å²) in [5, 5.41) is 7.23. The number of hydrogen-bond donors (Lipinski definition) is 2. The predicted molar refractivity (Wildman–Crippen MR) is 58.0 cm³/mol. The average Bonchev–Trinajstić information content (AvgIpc) is 2.08. The fourth-order valence-electron chi connectivity index (χ4n) is 2.27. The number of likely N-dealkylation sites (N-methyl/N-ethyl adjacent to an activating group) is 1. The molecule has 0 heterocycles. The topological polar surface area (TPSA) is 24.1 Å². The first-order valence-electron chi connectivity index (χ1n) is 5.73. The summed E-state index contributed by atoms with van der Waals surface area (Å²) in [6.07, 6.45) is 5.48. The zero-order valence-corrected chi connectivity index (χ0v) is 9.27. The van der Waals surface area contributed by atoms with Crippen molar-refractivity contribution >= 4 is 0 Å². The molecule has 1 saturated carbocycles. The van der Waals surface area contributed by atoms with Gasteiger partial charge < -0.3 is 10.6 Å². The predicted octanol–water partition coefficient (Wildman–Crippen LogP) is 1.91. The minimum Gasteiger partial charge on any atom is -0.313 e. The first kappa shape index (κ1) is 11.0. The van der Waals surface area contributed by atoms with Crippen molar-refractivity contribution in [3.05, 3.63) is 0 Å². The molecule has 2 heteroatoms. The van der Waals surface area contributed by atoms with E-state index in [4.69, 9.17) is 0 Å². The molecule has 2 atom stereocenters. The van der Waals surface area contributed by atoms with Crippen molar-refractivity contribution in [2.75, 3.05) is 6.54 Å². The first-order valence-corrected chi connectivity index (χ1v) is 5.73. The lowest BCUT2D eigenvalue weighted by Crippen LogP contribution is -2.51. The second-order valence-electron chi connectivity index (χ2n) is 4.38. The Balaban J connectivity index is 2.36. The van der Waals surface area contributed by atoms with Gasteiger partial charge in [-0.3, -0.25) is 0 Å². The summed E-state index contributed by atoms with van der Waals surface area (Å²) in [6, 6.07) is 2.03. The van der Waals surface area contributed by atoms with Gasteiger partial charge in [-0.05, 0) is 19.4 Å². The Morgan fingerprint density at radius 2 is 1.77 bits per heavy atom. The Morgan fingerprint density at radius 1 is 1.15 bits per heavy atom. The molecule has 0 radical (unpaired) electrons. The van der Waals surface area contributed by atoms with Crippen LogP contribution in [0.3, 0.4) is 0 Å². The second-order valence-corrected chi connectivity index (χ2v) is 4.38. The van der Waals surface area contributed by atoms with Crippen LogP contribution < -0.4 is 10.6 Å². The lowest BCUT2D eigenvalue weighted by molar-refractivity contribution is 0.274. The molecule has 0 spiro atoms. The average molecular weight is 184 g/mol. The van der Waals surface area contributed by atoms with Gasteiger partial charge in [-0.15, -0.1) is 0 Å². The largest absolute Gasteiger partial charge is 0.313 e. The van der Waals surface area contributed by atoms with Crippen LogP contribution in [0.1, 0.15) is 46.5 Å². The van der Waals surface area contributed by atoms with Crippen molar-refractivity contribution in [3.8, 4) is 0 Å². The molecule has 0 aromatic rings. The van der Waals surface area contributed by atoms with Gasteiger partial charge in [0.25, 0.3) is 0 Å². The van der Waals surface area contributed by atoms with Crippen LogP contribution in [0.25, 0.3) is 0 Å². The van der Waals surface area contributed by atoms with E-state index >= 15 is 0 Å². The Hall–Kier alpha value is -0.0800. The van der Waals surface area contributed by atoms with Crippen molar-refractivity contribution in [2.45, 2.75) is 64.6 Å². The number of hydrogen-bond acceptors (Lipinski definition) is 2. The molecule has 0 amide bonds. The van der Waals surface area contributed by atoms with Gasteiger partial charge >= 0.3 is 0 Å². The molecule has 0 unspecified atom stereocenters. The van der Waals surface area contributed by atoms with Crippen LogP contribution in [0.5, 0.6) is 0 Å². The van der Waals surface area contributed by atoms with E-state index in [1.807, 2.05) is 0 Å². The molecule has 1 rings (SSSR count). The second kappa shape index (κ2) is 5.61. The zero-order valence-electron chi connectivity index (χ0n) is 9.27. The molecule has 2 N–H and O–H groups in total. The zero-order chi connectivity index (χ0) is 9.68. The first-order chi connectivity index (χ1) is 6.24. The fourth-order valence-corrected chi connectivity index (χ4v) is 2.27. The summed E-state index contributed by atoms with van der Waals surface area (Å²) in [5.74, 6) is 0. The van der Waals surface area contributed by atoms with Crippen LogP contribution in [0.15, 0.2) is 0 Å². The Morgan fingerprint density at radius 3 is 2.31 bits per heavy atom. The summed E-state index contributed by atoms with van der Waals surface area (Å²) >= 11 is 0. The van der Waals surface area contributed by atoms with Gasteiger partial charge in [-0.2, -0.15) is 0 Å². The van der Waals surface area contributed by atoms with Crippen LogP contribution >= 0.6 is 0 Å². The molecular formula is C11H24N2. The highest BCUT2D eigenvalue weighted by atomic mass is 15.0. The summed E-state index contributed by atoms with van der Waals surface area (Å²) in [7, 11) is 0. The molecule has 13 heavy (non-hydrogen) atoms. The van der Waals surface area contributed by atoms with E-state index in [0.717, 1.165) is 6.54 Å². The van der Waals surface area contributed by atoms with E-state index in [0.29, 0.717) is 18.1 Å². The number of rotatable bonds is 4. The lowest BCUT2D eigenvalue weighted by atomic mass is 9.90. The monoisotopic (exact) mass is 184 g/mol. The molecule has 1 fully saturated rings. The molecule has 0 aromatic carbocycles. The standard InChI is InChI=1S/C11H24N2/c1-4-12-10-7-5-6-8-11(10)13-9(2)3/h9-13H,4-8H2,1-3H3/t10-,11-/m0/s1. The molecule has 0 aliphatic heterocycles. The van der Waals surface area contributed by atoms with Gasteiger partial charge in [0.05, 0.1) is 0 Å². The van der Waals surface area contributed by atoms with E-state index < -0.39 is 0 Å². The maximum Gasteiger partial charge on any atom is 0.0223 e. The molecule has 78 valence electrons. The lowest BCUT2D eigenvalue weighted by Gasteiger charge is -2.34. The van der Waals surface area contributed by atoms with Crippen molar-refractivity contribution in [2.24, 2.45) is 0 Å². The van der Waals surface area contributed by atoms with E-state index in [-0.39, 0.29) is 0 Å². The highest BCUT2D eigenvalue weighted by Gasteiger charge is 2.23. The van der Waals surface area contributed by atoms with Gasteiger partial charge in [0.1, 0.15) is 0 Å². The minimum atomic E-state index is 0.615. The molecule has 2 nitrogen and oxygen atoms in total. The molecule has 0 bridgehead atoms. The highest BCUT2D eigenvalue weighted by molar-refractivity contribution is 4.86. The Labute approximate surface area is 82.5 Å². The van der Waals surface area contributed by atoms with Gasteiger partial charge in [-0.25, -0.2) is 0 Å². The fraction of sp³-hybridized carbons (Fsp3) is 1.00. The smallest absolute Gasteiger partial charge is 0.0223 e. The summed E-state index contributed by atoms with van der Waals surface area (Å²) < 4.78 is 0. The molecule has 1 aliphatic rings. The van der Waals surface area contributed by atoms with E-state index in [9.17, 15) is 0 Å². The van der Waals surface area contributed by atoms with E-state index in [2.05, 4.69) is 31.4 Å². The third kappa shape index (κ3) is 3.65. The molecular weight excluding hydrogens is 160 g/mol. The SMILES string of the molecule is CCN[C@H]1CCCC[C@@H]1NC(C)C. The van der Waals surface area contributed by atoms with Crippen LogP contribution in [-0.4, -0.2) is 24.7 Å². The number of nitrogens with one attached hydrogen (secondary N) is 2. The van der Waals surface area contributed by atoms with Crippen LogP contribution in [0, 0.1) is 0 Å². The van der Waals surface area contributed by atoms with Crippen LogP contribution in [0.4, 0.5) is 0 Å². The maximum absolute atomic E-state index is 3.65. The third-order valence-corrected chi connectivity index (χ3v) is 2.78. The molecule has 1 aliphatic carbocycles. The van der Waals surface area contributed by atoms with E-state index in [1.165, 1.54) is 25.7 Å². The van der Waals surface area contributed by atoms with E-state index in [1.54, 1.807) is 0 Å². The maximum atomic E-state index is 3.65. The minimum absolute atomic E-state index is 0.615. The van der Waals surface area contributed by atoms with Gasteiger partial charge in [0.15, 0.2) is 0 Å². The van der Waals surface area contributed by atoms with Gasteiger partial charge in [-0.1, -0.05) is 33.6 Å². The molecule has 0 saturated heterocycles. The van der Waals surface area contributed by atoms with Crippen molar-refractivity contribution in [1.29, 1.82) is 0 Å². The molecule has 0 aromatic heterocycles. The van der Waals surface area contributed by atoms with Gasteiger partial charge in [0, 0.05) is 18.1 Å². The quantitative estimate of drug-likeness (QED) is 0.697. The third-order valence-electron chi connectivity index (χ3n) is 2.78. The van der Waals surface area contributed by atoms with Crippen molar-refractivity contribution in [3.63, 3.8) is 0 Å². The van der Waals surface area contributed by atoms with Crippen LogP contribution in [0.2, 0.25) is 0 Å².